The molecule has 0 bridgehead atoms. The summed E-state index contributed by atoms with van der Waals surface area (Å²) in [5, 5.41) is 15.1. The van der Waals surface area contributed by atoms with Crippen LogP contribution in [0.15, 0.2) is 41.7 Å². The van der Waals surface area contributed by atoms with E-state index in [1.165, 1.54) is 5.69 Å². The molecule has 1 fully saturated rings. The van der Waals surface area contributed by atoms with Crippen LogP contribution in [0.2, 0.25) is 0 Å². The van der Waals surface area contributed by atoms with Gasteiger partial charge in [0.2, 0.25) is 0 Å². The highest BCUT2D eigenvalue weighted by Gasteiger charge is 2.15. The van der Waals surface area contributed by atoms with Gasteiger partial charge in [0.1, 0.15) is 12.2 Å². The van der Waals surface area contributed by atoms with Crippen LogP contribution in [0.4, 0.5) is 5.69 Å². The van der Waals surface area contributed by atoms with E-state index in [1.807, 2.05) is 0 Å². The van der Waals surface area contributed by atoms with E-state index >= 15 is 0 Å². The van der Waals surface area contributed by atoms with Gasteiger partial charge < -0.3 is 24.8 Å². The number of aromatic nitrogens is 3. The van der Waals surface area contributed by atoms with Gasteiger partial charge in [0.15, 0.2) is 5.96 Å². The summed E-state index contributed by atoms with van der Waals surface area (Å²) in [7, 11) is 0. The highest BCUT2D eigenvalue weighted by molar-refractivity contribution is 5.79. The number of hydrogen-bond donors (Lipinski definition) is 2. The largest absolute Gasteiger partial charge is 0.376 e. The predicted molar refractivity (Wildman–Crippen MR) is 126 cm³/mol. The third-order valence-corrected chi connectivity index (χ3v) is 5.53. The summed E-state index contributed by atoms with van der Waals surface area (Å²) in [4.78, 5) is 7.18. The lowest BCUT2D eigenvalue weighted by Crippen LogP contribution is -2.41. The van der Waals surface area contributed by atoms with E-state index in [0.29, 0.717) is 6.54 Å². The van der Waals surface area contributed by atoms with Gasteiger partial charge in [-0.1, -0.05) is 25.1 Å². The number of para-hydroxylation sites is 1. The Balaban J connectivity index is 1.46. The summed E-state index contributed by atoms with van der Waals surface area (Å²) in [5.41, 5.74) is 1.27. The van der Waals surface area contributed by atoms with Crippen LogP contribution in [0.1, 0.15) is 38.9 Å². The van der Waals surface area contributed by atoms with Crippen LogP contribution in [0.3, 0.4) is 0 Å². The maximum Gasteiger partial charge on any atom is 0.191 e. The summed E-state index contributed by atoms with van der Waals surface area (Å²) in [6, 6.07) is 10.6. The van der Waals surface area contributed by atoms with Crippen LogP contribution in [0.5, 0.6) is 0 Å². The van der Waals surface area contributed by atoms with Crippen molar-refractivity contribution in [2.75, 3.05) is 44.2 Å². The van der Waals surface area contributed by atoms with E-state index < -0.39 is 0 Å². The molecule has 1 atom stereocenters. The molecule has 3 rings (SSSR count). The second-order valence-electron chi connectivity index (χ2n) is 7.74. The molecule has 1 aliphatic heterocycles. The molecule has 0 saturated carbocycles. The molecule has 8 nitrogen and oxygen atoms in total. The summed E-state index contributed by atoms with van der Waals surface area (Å²) < 4.78 is 7.81. The van der Waals surface area contributed by atoms with E-state index in [0.717, 1.165) is 76.8 Å². The number of nitrogens with zero attached hydrogens (tertiary/aromatic N) is 5. The van der Waals surface area contributed by atoms with Crippen molar-refractivity contribution in [3.05, 3.63) is 42.5 Å². The Labute approximate surface area is 186 Å². The second-order valence-corrected chi connectivity index (χ2v) is 7.74. The minimum Gasteiger partial charge on any atom is -0.376 e. The summed E-state index contributed by atoms with van der Waals surface area (Å²) in [5.74, 6) is 1.86. The number of benzene rings is 1. The Bertz CT molecular complexity index is 771. The van der Waals surface area contributed by atoms with Gasteiger partial charge in [0.25, 0.3) is 0 Å². The zero-order valence-corrected chi connectivity index (χ0v) is 19.0. The molecule has 2 N–H and O–H groups in total. The SMILES string of the molecule is CCc1nncn1CCNC(=NCC1CCCO1)NCCCN(CC)c1ccccc1. The van der Waals surface area contributed by atoms with E-state index in [4.69, 9.17) is 9.73 Å². The summed E-state index contributed by atoms with van der Waals surface area (Å²) >= 11 is 0. The first kappa shape index (κ1) is 23.1. The third kappa shape index (κ3) is 7.54. The highest BCUT2D eigenvalue weighted by atomic mass is 16.5. The van der Waals surface area contributed by atoms with Crippen molar-refractivity contribution in [2.45, 2.75) is 52.2 Å². The zero-order chi connectivity index (χ0) is 21.7. The molecule has 0 amide bonds. The Hall–Kier alpha value is -2.61. The quantitative estimate of drug-likeness (QED) is 0.308. The number of anilines is 1. The van der Waals surface area contributed by atoms with Crippen molar-refractivity contribution in [3.8, 4) is 0 Å². The Kier molecular flexibility index (Phi) is 9.63. The molecule has 0 radical (unpaired) electrons. The van der Waals surface area contributed by atoms with Crippen LogP contribution in [0.25, 0.3) is 0 Å². The maximum atomic E-state index is 5.73. The van der Waals surface area contributed by atoms with Crippen molar-refractivity contribution in [1.29, 1.82) is 0 Å². The molecule has 1 aromatic heterocycles. The molecule has 1 saturated heterocycles. The van der Waals surface area contributed by atoms with Crippen molar-refractivity contribution in [1.82, 2.24) is 25.4 Å². The van der Waals surface area contributed by atoms with Gasteiger partial charge >= 0.3 is 0 Å². The molecule has 31 heavy (non-hydrogen) atoms. The molecule has 1 unspecified atom stereocenters. The van der Waals surface area contributed by atoms with Crippen molar-refractivity contribution in [2.24, 2.45) is 4.99 Å². The standard InChI is InChI=1S/C23H37N7O/c1-3-22-28-27-19-30(22)16-14-25-23(26-18-21-12-8-17-31-21)24-13-9-15-29(4-2)20-10-6-5-7-11-20/h5-7,10-11,19,21H,3-4,8-9,12-18H2,1-2H3,(H2,24,25,26). The lowest BCUT2D eigenvalue weighted by molar-refractivity contribution is 0.117. The van der Waals surface area contributed by atoms with Gasteiger partial charge in [-0.2, -0.15) is 0 Å². The van der Waals surface area contributed by atoms with Crippen LogP contribution < -0.4 is 15.5 Å². The molecule has 2 aromatic rings. The highest BCUT2D eigenvalue weighted by Crippen LogP contribution is 2.13. The van der Waals surface area contributed by atoms with E-state index in [9.17, 15) is 0 Å². The zero-order valence-electron chi connectivity index (χ0n) is 19.0. The fourth-order valence-corrected chi connectivity index (χ4v) is 3.78. The first-order valence-corrected chi connectivity index (χ1v) is 11.6. The first-order valence-electron chi connectivity index (χ1n) is 11.6. The maximum absolute atomic E-state index is 5.73. The van der Waals surface area contributed by atoms with Gasteiger partial charge in [-0.15, -0.1) is 10.2 Å². The minimum absolute atomic E-state index is 0.247. The average Bonchev–Trinajstić information content (AvgIpc) is 3.49. The molecule has 8 heteroatoms. The number of rotatable bonds is 12. The normalized spacial score (nSPS) is 16.5. The topological polar surface area (TPSA) is 79.6 Å². The number of aryl methyl sites for hydroxylation is 1. The fourth-order valence-electron chi connectivity index (χ4n) is 3.78. The molecule has 0 aliphatic carbocycles. The molecule has 1 aliphatic rings. The van der Waals surface area contributed by atoms with Gasteiger partial charge in [-0.3, -0.25) is 4.99 Å². The van der Waals surface area contributed by atoms with Crippen LogP contribution in [-0.2, 0) is 17.7 Å². The lowest BCUT2D eigenvalue weighted by Gasteiger charge is -2.23. The molecule has 1 aromatic carbocycles. The fraction of sp³-hybridized carbons (Fsp3) is 0.609. The molecular formula is C23H37N7O. The molecule has 2 heterocycles. The second kappa shape index (κ2) is 12.9. The van der Waals surface area contributed by atoms with Crippen LogP contribution >= 0.6 is 0 Å². The van der Waals surface area contributed by atoms with Crippen LogP contribution in [-0.4, -0.2) is 66.2 Å². The third-order valence-electron chi connectivity index (χ3n) is 5.53. The number of guanidine groups is 1. The molecule has 0 spiro atoms. The van der Waals surface area contributed by atoms with E-state index in [2.05, 4.69) is 74.5 Å². The molecule has 170 valence electrons. The Morgan fingerprint density at radius 2 is 2.06 bits per heavy atom. The van der Waals surface area contributed by atoms with Gasteiger partial charge in [-0.05, 0) is 38.3 Å². The van der Waals surface area contributed by atoms with E-state index in [-0.39, 0.29) is 6.10 Å². The summed E-state index contributed by atoms with van der Waals surface area (Å²) in [6.07, 6.45) is 6.19. The Morgan fingerprint density at radius 3 is 2.81 bits per heavy atom. The van der Waals surface area contributed by atoms with E-state index in [1.54, 1.807) is 6.33 Å². The van der Waals surface area contributed by atoms with Crippen molar-refractivity contribution in [3.63, 3.8) is 0 Å². The Morgan fingerprint density at radius 1 is 1.23 bits per heavy atom. The summed E-state index contributed by atoms with van der Waals surface area (Å²) in [6.45, 7) is 10.3. The number of hydrogen-bond acceptors (Lipinski definition) is 5. The van der Waals surface area contributed by atoms with Gasteiger partial charge in [-0.25, -0.2) is 0 Å². The van der Waals surface area contributed by atoms with Gasteiger partial charge in [0.05, 0.1) is 12.6 Å². The smallest absolute Gasteiger partial charge is 0.191 e. The number of aliphatic imine (C=N–C) groups is 1. The number of ether oxygens (including phenoxy) is 1. The van der Waals surface area contributed by atoms with Gasteiger partial charge in [0, 0.05) is 51.4 Å². The monoisotopic (exact) mass is 427 g/mol. The van der Waals surface area contributed by atoms with Crippen molar-refractivity contribution >= 4 is 11.6 Å². The lowest BCUT2D eigenvalue weighted by atomic mass is 10.2. The first-order chi connectivity index (χ1) is 15.3. The minimum atomic E-state index is 0.247. The number of nitrogens with one attached hydrogen (secondary N) is 2. The van der Waals surface area contributed by atoms with Crippen molar-refractivity contribution < 1.29 is 4.74 Å². The van der Waals surface area contributed by atoms with Crippen LogP contribution in [0, 0.1) is 0 Å². The average molecular weight is 428 g/mol. The molecular weight excluding hydrogens is 390 g/mol. The predicted octanol–water partition coefficient (Wildman–Crippen LogP) is 2.47.